The quantitative estimate of drug-likeness (QED) is 0.684. The first kappa shape index (κ1) is 19.2. The fourth-order valence-corrected chi connectivity index (χ4v) is 2.72. The molecule has 0 fully saturated rings. The fourth-order valence-electron chi connectivity index (χ4n) is 2.72. The maximum absolute atomic E-state index is 12.1. The molecule has 0 radical (unpaired) electrons. The summed E-state index contributed by atoms with van der Waals surface area (Å²) in [6.45, 7) is 1.94. The van der Waals surface area contributed by atoms with Crippen molar-refractivity contribution in [2.75, 3.05) is 19.0 Å². The lowest BCUT2D eigenvalue weighted by Crippen LogP contribution is -2.21. The summed E-state index contributed by atoms with van der Waals surface area (Å²) >= 11 is 0. The van der Waals surface area contributed by atoms with Crippen LogP contribution in [0.15, 0.2) is 72.8 Å². The number of carbonyl (C=O) groups excluding carboxylic acids is 2. The highest BCUT2D eigenvalue weighted by Gasteiger charge is 2.07. The van der Waals surface area contributed by atoms with Crippen LogP contribution in [0.4, 0.5) is 5.69 Å². The molecule has 0 aliphatic carbocycles. The van der Waals surface area contributed by atoms with Gasteiger partial charge in [0, 0.05) is 18.3 Å². The van der Waals surface area contributed by atoms with E-state index in [1.165, 1.54) is 5.56 Å². The highest BCUT2D eigenvalue weighted by Crippen LogP contribution is 2.22. The second kappa shape index (κ2) is 8.86. The predicted octanol–water partition coefficient (Wildman–Crippen LogP) is 4.04. The van der Waals surface area contributed by atoms with E-state index in [0.717, 1.165) is 11.1 Å². The van der Waals surface area contributed by atoms with Gasteiger partial charge in [0.25, 0.3) is 11.8 Å². The number of nitrogens with one attached hydrogen (secondary N) is 2. The number of hydrogen-bond acceptors (Lipinski definition) is 3. The van der Waals surface area contributed by atoms with E-state index >= 15 is 0 Å². The number of amides is 2. The molecule has 0 aliphatic heterocycles. The predicted molar refractivity (Wildman–Crippen MR) is 111 cm³/mol. The SMILES string of the molecule is CNC(=O)c1cccc(NC(=O)COc2ccc(-c3ccc(C)cc3)cc2)c1. The molecular formula is C23H22N2O3. The maximum atomic E-state index is 12.1. The van der Waals surface area contributed by atoms with Gasteiger partial charge in [-0.15, -0.1) is 0 Å². The molecule has 3 aromatic carbocycles. The Hall–Kier alpha value is -3.60. The lowest BCUT2D eigenvalue weighted by atomic mass is 10.0. The molecule has 28 heavy (non-hydrogen) atoms. The van der Waals surface area contributed by atoms with Gasteiger partial charge in [0.05, 0.1) is 0 Å². The van der Waals surface area contributed by atoms with E-state index < -0.39 is 0 Å². The molecular weight excluding hydrogens is 352 g/mol. The molecule has 0 atom stereocenters. The molecule has 142 valence electrons. The minimum atomic E-state index is -0.295. The van der Waals surface area contributed by atoms with Crippen LogP contribution in [0.25, 0.3) is 11.1 Å². The Morgan fingerprint density at radius 1 is 0.893 bits per heavy atom. The van der Waals surface area contributed by atoms with Gasteiger partial charge in [0.15, 0.2) is 6.61 Å². The summed E-state index contributed by atoms with van der Waals surface area (Å²) in [6, 6.07) is 22.6. The van der Waals surface area contributed by atoms with Crippen LogP contribution in [0.5, 0.6) is 5.75 Å². The summed E-state index contributed by atoms with van der Waals surface area (Å²) in [6.07, 6.45) is 0. The third-order valence-corrected chi connectivity index (χ3v) is 4.24. The topological polar surface area (TPSA) is 67.4 Å². The maximum Gasteiger partial charge on any atom is 0.262 e. The van der Waals surface area contributed by atoms with Crippen molar-refractivity contribution in [2.45, 2.75) is 6.92 Å². The zero-order valence-corrected chi connectivity index (χ0v) is 15.9. The van der Waals surface area contributed by atoms with Crippen molar-refractivity contribution < 1.29 is 14.3 Å². The molecule has 0 heterocycles. The minimum Gasteiger partial charge on any atom is -0.484 e. The van der Waals surface area contributed by atoms with E-state index in [1.807, 2.05) is 24.3 Å². The minimum absolute atomic E-state index is 0.117. The Bertz CT molecular complexity index is 964. The van der Waals surface area contributed by atoms with Crippen LogP contribution in [0, 0.1) is 6.92 Å². The summed E-state index contributed by atoms with van der Waals surface area (Å²) in [7, 11) is 1.56. The molecule has 0 unspecified atom stereocenters. The van der Waals surface area contributed by atoms with Crippen molar-refractivity contribution in [3.63, 3.8) is 0 Å². The third-order valence-electron chi connectivity index (χ3n) is 4.24. The van der Waals surface area contributed by atoms with Crippen LogP contribution in [0.1, 0.15) is 15.9 Å². The average Bonchev–Trinajstić information content (AvgIpc) is 2.73. The van der Waals surface area contributed by atoms with Gasteiger partial charge in [-0.05, 0) is 48.4 Å². The van der Waals surface area contributed by atoms with Gasteiger partial charge in [0.1, 0.15) is 5.75 Å². The summed E-state index contributed by atoms with van der Waals surface area (Å²) in [5.74, 6) is 0.114. The van der Waals surface area contributed by atoms with Gasteiger partial charge in [-0.25, -0.2) is 0 Å². The Morgan fingerprint density at radius 2 is 1.54 bits per heavy atom. The molecule has 0 aliphatic rings. The molecule has 3 aromatic rings. The third kappa shape index (κ3) is 4.98. The second-order valence-corrected chi connectivity index (χ2v) is 6.39. The van der Waals surface area contributed by atoms with E-state index in [9.17, 15) is 9.59 Å². The second-order valence-electron chi connectivity index (χ2n) is 6.39. The molecule has 0 spiro atoms. The zero-order valence-electron chi connectivity index (χ0n) is 15.9. The van der Waals surface area contributed by atoms with Crippen molar-refractivity contribution in [2.24, 2.45) is 0 Å². The first-order valence-electron chi connectivity index (χ1n) is 8.97. The van der Waals surface area contributed by atoms with Crippen molar-refractivity contribution in [3.8, 4) is 16.9 Å². The molecule has 2 amide bonds. The van der Waals surface area contributed by atoms with Crippen molar-refractivity contribution in [1.82, 2.24) is 5.32 Å². The number of aryl methyl sites for hydroxylation is 1. The van der Waals surface area contributed by atoms with Crippen molar-refractivity contribution in [3.05, 3.63) is 83.9 Å². The number of rotatable bonds is 6. The van der Waals surface area contributed by atoms with Crippen LogP contribution in [-0.4, -0.2) is 25.5 Å². The number of carbonyl (C=O) groups is 2. The van der Waals surface area contributed by atoms with Crippen LogP contribution in [0.2, 0.25) is 0 Å². The fraction of sp³-hybridized carbons (Fsp3) is 0.130. The summed E-state index contributed by atoms with van der Waals surface area (Å²) in [5, 5.41) is 5.28. The molecule has 2 N–H and O–H groups in total. The molecule has 0 saturated heterocycles. The lowest BCUT2D eigenvalue weighted by molar-refractivity contribution is -0.118. The standard InChI is InChI=1S/C23H22N2O3/c1-16-6-8-17(9-7-16)18-10-12-21(13-11-18)28-15-22(26)25-20-5-3-4-19(14-20)23(27)24-2/h3-14H,15H2,1-2H3,(H,24,27)(H,25,26). The number of hydrogen-bond donors (Lipinski definition) is 2. The summed E-state index contributed by atoms with van der Waals surface area (Å²) < 4.78 is 5.56. The van der Waals surface area contributed by atoms with Crippen molar-refractivity contribution >= 4 is 17.5 Å². The van der Waals surface area contributed by atoms with Gasteiger partial charge in [-0.1, -0.05) is 48.0 Å². The van der Waals surface area contributed by atoms with Gasteiger partial charge >= 0.3 is 0 Å². The molecule has 5 heteroatoms. The lowest BCUT2D eigenvalue weighted by Gasteiger charge is -2.09. The smallest absolute Gasteiger partial charge is 0.262 e. The highest BCUT2D eigenvalue weighted by atomic mass is 16.5. The van der Waals surface area contributed by atoms with Crippen LogP contribution < -0.4 is 15.4 Å². The molecule has 0 saturated carbocycles. The molecule has 3 rings (SSSR count). The van der Waals surface area contributed by atoms with Gasteiger partial charge in [0.2, 0.25) is 0 Å². The van der Waals surface area contributed by atoms with E-state index in [4.69, 9.17) is 4.74 Å². The van der Waals surface area contributed by atoms with Gasteiger partial charge in [-0.2, -0.15) is 0 Å². The Labute approximate surface area is 164 Å². The van der Waals surface area contributed by atoms with Crippen LogP contribution in [0.3, 0.4) is 0 Å². The molecule has 0 bridgehead atoms. The Balaban J connectivity index is 1.56. The Morgan fingerprint density at radius 3 is 2.18 bits per heavy atom. The van der Waals surface area contributed by atoms with Crippen molar-refractivity contribution in [1.29, 1.82) is 0 Å². The zero-order chi connectivity index (χ0) is 19.9. The number of anilines is 1. The average molecular weight is 374 g/mol. The van der Waals surface area contributed by atoms with Gasteiger partial charge in [-0.3, -0.25) is 9.59 Å². The first-order valence-corrected chi connectivity index (χ1v) is 8.97. The van der Waals surface area contributed by atoms with Crippen LogP contribution >= 0.6 is 0 Å². The van der Waals surface area contributed by atoms with Gasteiger partial charge < -0.3 is 15.4 Å². The largest absolute Gasteiger partial charge is 0.484 e. The monoisotopic (exact) mass is 374 g/mol. The number of ether oxygens (including phenoxy) is 1. The van der Waals surface area contributed by atoms with E-state index in [1.54, 1.807) is 31.3 Å². The molecule has 0 aromatic heterocycles. The number of benzene rings is 3. The van der Waals surface area contributed by atoms with E-state index in [0.29, 0.717) is 17.0 Å². The Kier molecular flexibility index (Phi) is 6.07. The first-order chi connectivity index (χ1) is 13.5. The normalized spacial score (nSPS) is 10.2. The summed E-state index contributed by atoms with van der Waals surface area (Å²) in [4.78, 5) is 23.8. The van der Waals surface area contributed by atoms with E-state index in [-0.39, 0.29) is 18.4 Å². The highest BCUT2D eigenvalue weighted by molar-refractivity contribution is 5.97. The van der Waals surface area contributed by atoms with E-state index in [2.05, 4.69) is 41.8 Å². The molecule has 5 nitrogen and oxygen atoms in total. The van der Waals surface area contributed by atoms with Crippen LogP contribution in [-0.2, 0) is 4.79 Å². The summed E-state index contributed by atoms with van der Waals surface area (Å²) in [5.41, 5.74) is 4.46.